The highest BCUT2D eigenvalue weighted by Crippen LogP contribution is 2.24. The average molecular weight is 281 g/mol. The van der Waals surface area contributed by atoms with Crippen LogP contribution in [0, 0.1) is 0 Å². The molecule has 2 heterocycles. The fourth-order valence-electron chi connectivity index (χ4n) is 1.52. The van der Waals surface area contributed by atoms with Crippen molar-refractivity contribution in [3.8, 4) is 11.5 Å². The number of nitrogens with zero attached hydrogens (tertiary/aromatic N) is 1. The summed E-state index contributed by atoms with van der Waals surface area (Å²) in [6.45, 7) is 1.98. The lowest BCUT2D eigenvalue weighted by Gasteiger charge is -2.07. The molecule has 0 aliphatic rings. The van der Waals surface area contributed by atoms with E-state index in [1.165, 1.54) is 7.11 Å². The number of hydrogen-bond acceptors (Lipinski definition) is 6. The van der Waals surface area contributed by atoms with Crippen molar-refractivity contribution in [3.05, 3.63) is 30.2 Å². The Balaban J connectivity index is 1.85. The Kier molecular flexibility index (Phi) is 4.68. The van der Waals surface area contributed by atoms with Crippen molar-refractivity contribution in [3.63, 3.8) is 0 Å². The second kappa shape index (κ2) is 6.47. The lowest BCUT2D eigenvalue weighted by atomic mass is 10.3. The van der Waals surface area contributed by atoms with E-state index in [4.69, 9.17) is 8.94 Å². The van der Waals surface area contributed by atoms with Gasteiger partial charge in [-0.2, -0.15) is 11.8 Å². The second-order valence-electron chi connectivity index (χ2n) is 4.06. The van der Waals surface area contributed by atoms with Crippen molar-refractivity contribution in [2.45, 2.75) is 24.3 Å². The number of aromatic nitrogens is 1. The molecule has 1 atom stereocenters. The minimum atomic E-state index is -0.198. The van der Waals surface area contributed by atoms with Gasteiger partial charge >= 0.3 is 5.97 Å². The molecule has 5 nitrogen and oxygen atoms in total. The third kappa shape index (κ3) is 3.89. The summed E-state index contributed by atoms with van der Waals surface area (Å²) in [7, 11) is 1.40. The zero-order valence-corrected chi connectivity index (χ0v) is 11.6. The highest BCUT2D eigenvalue weighted by atomic mass is 32.2. The summed E-state index contributed by atoms with van der Waals surface area (Å²) < 4.78 is 15.0. The predicted molar refractivity (Wildman–Crippen MR) is 71.6 cm³/mol. The zero-order chi connectivity index (χ0) is 13.7. The van der Waals surface area contributed by atoms with Crippen LogP contribution in [-0.4, -0.2) is 23.5 Å². The number of ether oxygens (including phenoxy) is 1. The molecule has 0 N–H and O–H groups in total. The molecule has 1 unspecified atom stereocenters. The van der Waals surface area contributed by atoms with Crippen LogP contribution >= 0.6 is 11.8 Å². The molecule has 0 amide bonds. The van der Waals surface area contributed by atoms with Crippen LogP contribution in [0.3, 0.4) is 0 Å². The molecule has 2 aromatic rings. The average Bonchev–Trinajstić information content (AvgIpc) is 3.06. The third-order valence-corrected chi connectivity index (χ3v) is 3.72. The maximum absolute atomic E-state index is 11.1. The molecule has 0 aliphatic heterocycles. The van der Waals surface area contributed by atoms with Crippen molar-refractivity contribution < 1.29 is 18.5 Å². The van der Waals surface area contributed by atoms with E-state index >= 15 is 0 Å². The maximum Gasteiger partial charge on any atom is 0.306 e. The third-order valence-electron chi connectivity index (χ3n) is 2.52. The van der Waals surface area contributed by atoms with Crippen LogP contribution in [0.15, 0.2) is 33.4 Å². The Labute approximate surface area is 115 Å². The second-order valence-corrected chi connectivity index (χ2v) is 5.49. The number of carbonyl (C=O) groups is 1. The number of furan rings is 1. The van der Waals surface area contributed by atoms with E-state index in [1.807, 2.05) is 19.1 Å². The standard InChI is InChI=1S/C13H15NO4S/c1-9(6-13(15)16-2)19-8-10-7-12(18-14-10)11-4-3-5-17-11/h3-5,7,9H,6,8H2,1-2H3. The SMILES string of the molecule is COC(=O)CC(C)SCc1cc(-c2ccco2)on1. The first kappa shape index (κ1) is 13.7. The van der Waals surface area contributed by atoms with Crippen LogP contribution in [0.1, 0.15) is 19.0 Å². The van der Waals surface area contributed by atoms with E-state index in [0.29, 0.717) is 23.7 Å². The molecular formula is C13H15NO4S. The number of esters is 1. The fourth-order valence-corrected chi connectivity index (χ4v) is 2.36. The summed E-state index contributed by atoms with van der Waals surface area (Å²) in [4.78, 5) is 11.1. The van der Waals surface area contributed by atoms with Crippen LogP contribution in [0.4, 0.5) is 0 Å². The molecule has 0 bridgehead atoms. The smallest absolute Gasteiger partial charge is 0.306 e. The molecule has 2 rings (SSSR count). The van der Waals surface area contributed by atoms with Gasteiger partial charge in [-0.1, -0.05) is 12.1 Å². The van der Waals surface area contributed by atoms with E-state index in [1.54, 1.807) is 24.1 Å². The summed E-state index contributed by atoms with van der Waals surface area (Å²) in [5, 5.41) is 4.15. The summed E-state index contributed by atoms with van der Waals surface area (Å²) in [6.07, 6.45) is 1.98. The Morgan fingerprint density at radius 3 is 3.05 bits per heavy atom. The molecule has 0 aliphatic carbocycles. The van der Waals surface area contributed by atoms with Gasteiger partial charge in [-0.3, -0.25) is 4.79 Å². The lowest BCUT2D eigenvalue weighted by molar-refractivity contribution is -0.140. The van der Waals surface area contributed by atoms with Crippen molar-refractivity contribution in [2.75, 3.05) is 7.11 Å². The minimum Gasteiger partial charge on any atom is -0.469 e. The first-order valence-electron chi connectivity index (χ1n) is 5.87. The first-order valence-corrected chi connectivity index (χ1v) is 6.92. The van der Waals surface area contributed by atoms with Gasteiger partial charge in [-0.05, 0) is 12.1 Å². The monoisotopic (exact) mass is 281 g/mol. The molecule has 19 heavy (non-hydrogen) atoms. The minimum absolute atomic E-state index is 0.177. The molecule has 6 heteroatoms. The lowest BCUT2D eigenvalue weighted by Crippen LogP contribution is -2.08. The van der Waals surface area contributed by atoms with E-state index < -0.39 is 0 Å². The van der Waals surface area contributed by atoms with Gasteiger partial charge in [0.1, 0.15) is 0 Å². The van der Waals surface area contributed by atoms with Crippen LogP contribution in [0.5, 0.6) is 0 Å². The molecule has 0 aromatic carbocycles. The quantitative estimate of drug-likeness (QED) is 0.758. The summed E-state index contributed by atoms with van der Waals surface area (Å²) in [5.74, 6) is 1.76. The number of carbonyl (C=O) groups excluding carboxylic acids is 1. The topological polar surface area (TPSA) is 65.5 Å². The summed E-state index contributed by atoms with van der Waals surface area (Å²) >= 11 is 1.63. The highest BCUT2D eigenvalue weighted by Gasteiger charge is 2.13. The van der Waals surface area contributed by atoms with Gasteiger partial charge in [0.2, 0.25) is 5.76 Å². The first-order chi connectivity index (χ1) is 9.19. The van der Waals surface area contributed by atoms with Gasteiger partial charge < -0.3 is 13.7 Å². The van der Waals surface area contributed by atoms with Crippen LogP contribution in [0.25, 0.3) is 11.5 Å². The van der Waals surface area contributed by atoms with Crippen molar-refractivity contribution in [2.24, 2.45) is 0 Å². The molecule has 0 spiro atoms. The van der Waals surface area contributed by atoms with Gasteiger partial charge in [-0.25, -0.2) is 0 Å². The van der Waals surface area contributed by atoms with Crippen LogP contribution < -0.4 is 0 Å². The Hall–Kier alpha value is -1.69. The molecule has 0 fully saturated rings. The largest absolute Gasteiger partial charge is 0.469 e. The van der Waals surface area contributed by atoms with Crippen LogP contribution in [-0.2, 0) is 15.3 Å². The molecule has 102 valence electrons. The van der Waals surface area contributed by atoms with E-state index in [0.717, 1.165) is 5.69 Å². The van der Waals surface area contributed by atoms with Gasteiger partial charge in [0.15, 0.2) is 5.76 Å². The maximum atomic E-state index is 11.1. The number of methoxy groups -OCH3 is 1. The fraction of sp³-hybridized carbons (Fsp3) is 0.385. The van der Waals surface area contributed by atoms with Crippen LogP contribution in [0.2, 0.25) is 0 Å². The van der Waals surface area contributed by atoms with Gasteiger partial charge in [0.05, 0.1) is 25.5 Å². The summed E-state index contributed by atoms with van der Waals surface area (Å²) in [5.41, 5.74) is 0.827. The molecule has 2 aromatic heterocycles. The Bertz CT molecular complexity index is 520. The number of hydrogen-bond donors (Lipinski definition) is 0. The normalized spacial score (nSPS) is 12.3. The van der Waals surface area contributed by atoms with Crippen molar-refractivity contribution >= 4 is 17.7 Å². The molecule has 0 saturated carbocycles. The molecule has 0 radical (unpaired) electrons. The van der Waals surface area contributed by atoms with Gasteiger partial charge in [-0.15, -0.1) is 0 Å². The predicted octanol–water partition coefficient (Wildman–Crippen LogP) is 3.12. The highest BCUT2D eigenvalue weighted by molar-refractivity contribution is 7.99. The van der Waals surface area contributed by atoms with Crippen molar-refractivity contribution in [1.29, 1.82) is 0 Å². The molecule has 0 saturated heterocycles. The number of thioether (sulfide) groups is 1. The van der Waals surface area contributed by atoms with Gasteiger partial charge in [0.25, 0.3) is 0 Å². The van der Waals surface area contributed by atoms with Gasteiger partial charge in [0, 0.05) is 17.1 Å². The van der Waals surface area contributed by atoms with E-state index in [2.05, 4.69) is 9.89 Å². The summed E-state index contributed by atoms with van der Waals surface area (Å²) in [6, 6.07) is 5.46. The van der Waals surface area contributed by atoms with E-state index in [-0.39, 0.29) is 11.2 Å². The molecular weight excluding hydrogens is 266 g/mol. The Morgan fingerprint density at radius 1 is 1.53 bits per heavy atom. The number of rotatable bonds is 6. The zero-order valence-electron chi connectivity index (χ0n) is 10.8. The van der Waals surface area contributed by atoms with E-state index in [9.17, 15) is 4.79 Å². The van der Waals surface area contributed by atoms with Crippen molar-refractivity contribution in [1.82, 2.24) is 5.16 Å². The Morgan fingerprint density at radius 2 is 2.37 bits per heavy atom.